The van der Waals surface area contributed by atoms with Crippen molar-refractivity contribution in [3.63, 3.8) is 0 Å². The van der Waals surface area contributed by atoms with E-state index in [0.29, 0.717) is 24.5 Å². The highest BCUT2D eigenvalue weighted by atomic mass is 32.2. The zero-order valence-corrected chi connectivity index (χ0v) is 18.7. The molecule has 8 heteroatoms. The average molecular weight is 435 g/mol. The fourth-order valence-corrected chi connectivity index (χ4v) is 4.00. The fourth-order valence-electron chi connectivity index (χ4n) is 3.03. The maximum Gasteiger partial charge on any atom is 0.232 e. The van der Waals surface area contributed by atoms with Gasteiger partial charge in [-0.05, 0) is 62.2 Å². The van der Waals surface area contributed by atoms with Crippen molar-refractivity contribution < 1.29 is 22.7 Å². The summed E-state index contributed by atoms with van der Waals surface area (Å²) in [5.74, 6) is 1.31. The third-order valence-corrected chi connectivity index (χ3v) is 5.79. The van der Waals surface area contributed by atoms with Gasteiger partial charge in [0.25, 0.3) is 0 Å². The number of hydrogen-bond acceptors (Lipinski definition) is 5. The van der Waals surface area contributed by atoms with Gasteiger partial charge in [-0.25, -0.2) is 8.42 Å². The smallest absolute Gasteiger partial charge is 0.232 e. The molecule has 0 aromatic heterocycles. The van der Waals surface area contributed by atoms with Crippen LogP contribution in [-0.4, -0.2) is 40.8 Å². The van der Waals surface area contributed by atoms with Crippen molar-refractivity contribution in [1.29, 1.82) is 0 Å². The van der Waals surface area contributed by atoms with E-state index in [-0.39, 0.29) is 24.9 Å². The summed E-state index contributed by atoms with van der Waals surface area (Å²) in [6, 6.07) is 14.2. The highest BCUT2D eigenvalue weighted by Crippen LogP contribution is 2.22. The van der Waals surface area contributed by atoms with Crippen LogP contribution in [-0.2, 0) is 14.8 Å². The summed E-state index contributed by atoms with van der Waals surface area (Å²) in [4.78, 5) is 12.3. The monoisotopic (exact) mass is 434 g/mol. The number of hydrogen-bond donors (Lipinski definition) is 1. The molecule has 30 heavy (non-hydrogen) atoms. The Hall–Kier alpha value is -2.74. The summed E-state index contributed by atoms with van der Waals surface area (Å²) >= 11 is 0. The van der Waals surface area contributed by atoms with Crippen molar-refractivity contribution >= 4 is 21.6 Å². The SMILES string of the molecule is CCOc1ccc(N(CCCC(=O)N[C@H](C)c2ccc(OC)cc2)S(C)(=O)=O)cc1. The molecule has 0 aliphatic carbocycles. The van der Waals surface area contributed by atoms with Crippen LogP contribution in [0.3, 0.4) is 0 Å². The number of carbonyl (C=O) groups is 1. The molecule has 1 N–H and O–H groups in total. The minimum atomic E-state index is -3.46. The number of nitrogens with one attached hydrogen (secondary N) is 1. The first kappa shape index (κ1) is 23.5. The lowest BCUT2D eigenvalue weighted by Crippen LogP contribution is -2.32. The highest BCUT2D eigenvalue weighted by Gasteiger charge is 2.18. The molecule has 0 heterocycles. The van der Waals surface area contributed by atoms with Crippen molar-refractivity contribution in [3.8, 4) is 11.5 Å². The Labute approximate surface area is 179 Å². The molecule has 0 spiro atoms. The van der Waals surface area contributed by atoms with Crippen LogP contribution in [0.1, 0.15) is 38.3 Å². The number of carbonyl (C=O) groups excluding carboxylic acids is 1. The van der Waals surface area contributed by atoms with E-state index >= 15 is 0 Å². The van der Waals surface area contributed by atoms with E-state index in [9.17, 15) is 13.2 Å². The number of benzene rings is 2. The number of nitrogens with zero attached hydrogens (tertiary/aromatic N) is 1. The van der Waals surface area contributed by atoms with Crippen LogP contribution in [0.25, 0.3) is 0 Å². The summed E-state index contributed by atoms with van der Waals surface area (Å²) in [7, 11) is -1.86. The van der Waals surface area contributed by atoms with Gasteiger partial charge in [-0.1, -0.05) is 12.1 Å². The topological polar surface area (TPSA) is 84.9 Å². The molecule has 2 aromatic carbocycles. The predicted molar refractivity (Wildman–Crippen MR) is 119 cm³/mol. The van der Waals surface area contributed by atoms with E-state index in [1.165, 1.54) is 4.31 Å². The Kier molecular flexibility index (Phi) is 8.53. The van der Waals surface area contributed by atoms with E-state index in [4.69, 9.17) is 9.47 Å². The van der Waals surface area contributed by atoms with Crippen molar-refractivity contribution in [3.05, 3.63) is 54.1 Å². The molecule has 2 rings (SSSR count). The molecule has 0 bridgehead atoms. The zero-order valence-electron chi connectivity index (χ0n) is 17.9. The first-order valence-electron chi connectivity index (χ1n) is 9.88. The molecule has 0 radical (unpaired) electrons. The van der Waals surface area contributed by atoms with Gasteiger partial charge >= 0.3 is 0 Å². The Morgan fingerprint density at radius 2 is 1.67 bits per heavy atom. The predicted octanol–water partition coefficient (Wildman–Crippen LogP) is 3.52. The fraction of sp³-hybridized carbons (Fsp3) is 0.409. The summed E-state index contributed by atoms with van der Waals surface area (Å²) in [6.45, 7) is 4.55. The van der Waals surface area contributed by atoms with Gasteiger partial charge < -0.3 is 14.8 Å². The van der Waals surface area contributed by atoms with Crippen molar-refractivity contribution in [2.45, 2.75) is 32.7 Å². The van der Waals surface area contributed by atoms with Crippen LogP contribution < -0.4 is 19.1 Å². The van der Waals surface area contributed by atoms with E-state index in [2.05, 4.69) is 5.32 Å². The van der Waals surface area contributed by atoms with Crippen molar-refractivity contribution in [2.24, 2.45) is 0 Å². The van der Waals surface area contributed by atoms with Crippen LogP contribution in [0.4, 0.5) is 5.69 Å². The Morgan fingerprint density at radius 3 is 2.20 bits per heavy atom. The number of sulfonamides is 1. The molecular weight excluding hydrogens is 404 g/mol. The van der Waals surface area contributed by atoms with E-state index in [1.807, 2.05) is 38.1 Å². The minimum Gasteiger partial charge on any atom is -0.497 e. The molecule has 0 unspecified atom stereocenters. The van der Waals surface area contributed by atoms with Gasteiger partial charge in [-0.15, -0.1) is 0 Å². The third kappa shape index (κ3) is 6.95. The van der Waals surface area contributed by atoms with E-state index in [0.717, 1.165) is 17.6 Å². The number of amides is 1. The largest absolute Gasteiger partial charge is 0.497 e. The summed E-state index contributed by atoms with van der Waals surface area (Å²) < 4.78 is 36.3. The Balaban J connectivity index is 1.91. The van der Waals surface area contributed by atoms with Crippen LogP contribution in [0, 0.1) is 0 Å². The number of anilines is 1. The maximum atomic E-state index is 12.3. The molecule has 0 aliphatic heterocycles. The first-order valence-corrected chi connectivity index (χ1v) is 11.7. The minimum absolute atomic E-state index is 0.126. The summed E-state index contributed by atoms with van der Waals surface area (Å²) in [5, 5.41) is 2.94. The second-order valence-corrected chi connectivity index (χ2v) is 8.83. The second kappa shape index (κ2) is 10.9. The van der Waals surface area contributed by atoms with E-state index in [1.54, 1.807) is 31.4 Å². The molecule has 1 amide bonds. The molecule has 2 aromatic rings. The molecule has 0 fully saturated rings. The van der Waals surface area contributed by atoms with Gasteiger partial charge in [-0.2, -0.15) is 0 Å². The second-order valence-electron chi connectivity index (χ2n) is 6.93. The lowest BCUT2D eigenvalue weighted by Gasteiger charge is -2.23. The number of rotatable bonds is 11. The lowest BCUT2D eigenvalue weighted by molar-refractivity contribution is -0.121. The first-order chi connectivity index (χ1) is 14.2. The summed E-state index contributed by atoms with van der Waals surface area (Å²) in [6.07, 6.45) is 1.79. The van der Waals surface area contributed by atoms with Gasteiger partial charge in [-0.3, -0.25) is 9.10 Å². The van der Waals surface area contributed by atoms with Crippen LogP contribution >= 0.6 is 0 Å². The third-order valence-electron chi connectivity index (χ3n) is 4.59. The number of ether oxygens (including phenoxy) is 2. The maximum absolute atomic E-state index is 12.3. The Bertz CT molecular complexity index is 912. The Morgan fingerprint density at radius 1 is 1.07 bits per heavy atom. The van der Waals surface area contributed by atoms with Gasteiger partial charge in [0.2, 0.25) is 15.9 Å². The number of methoxy groups -OCH3 is 1. The summed E-state index contributed by atoms with van der Waals surface area (Å²) in [5.41, 5.74) is 1.52. The lowest BCUT2D eigenvalue weighted by atomic mass is 10.1. The van der Waals surface area contributed by atoms with E-state index < -0.39 is 10.0 Å². The van der Waals surface area contributed by atoms with Crippen LogP contribution in [0.2, 0.25) is 0 Å². The quantitative estimate of drug-likeness (QED) is 0.585. The molecule has 0 saturated carbocycles. The van der Waals surface area contributed by atoms with Gasteiger partial charge in [0.1, 0.15) is 11.5 Å². The highest BCUT2D eigenvalue weighted by molar-refractivity contribution is 7.92. The van der Waals surface area contributed by atoms with Crippen molar-refractivity contribution in [2.75, 3.05) is 30.8 Å². The molecule has 1 atom stereocenters. The van der Waals surface area contributed by atoms with Crippen LogP contribution in [0.15, 0.2) is 48.5 Å². The molecule has 7 nitrogen and oxygen atoms in total. The standard InChI is InChI=1S/C22H30N2O5S/c1-5-29-21-14-10-19(11-15-21)24(30(4,26)27)16-6-7-22(25)23-17(2)18-8-12-20(28-3)13-9-18/h8-15,17H,5-7,16H2,1-4H3,(H,23,25)/t17-/m1/s1. The van der Waals surface area contributed by atoms with Crippen molar-refractivity contribution in [1.82, 2.24) is 5.32 Å². The van der Waals surface area contributed by atoms with Crippen LogP contribution in [0.5, 0.6) is 11.5 Å². The normalized spacial score (nSPS) is 12.1. The molecular formula is C22H30N2O5S. The molecule has 0 aliphatic rings. The zero-order chi connectivity index (χ0) is 22.1. The van der Waals surface area contributed by atoms with Gasteiger partial charge in [0.15, 0.2) is 0 Å². The molecule has 164 valence electrons. The van der Waals surface area contributed by atoms with Gasteiger partial charge in [0, 0.05) is 13.0 Å². The molecule has 0 saturated heterocycles. The average Bonchev–Trinajstić information content (AvgIpc) is 2.71. The van der Waals surface area contributed by atoms with Gasteiger partial charge in [0.05, 0.1) is 31.7 Å².